The number of fused-ring (bicyclic) bond motifs is 1. The van der Waals surface area contributed by atoms with Crippen LogP contribution in [0.4, 0.5) is 5.69 Å². The molecule has 1 amide bonds. The molecule has 0 radical (unpaired) electrons. The number of aryl methyl sites for hydroxylation is 1. The Morgan fingerprint density at radius 3 is 2.67 bits per heavy atom. The summed E-state index contributed by atoms with van der Waals surface area (Å²) in [5.74, 6) is 0.325. The summed E-state index contributed by atoms with van der Waals surface area (Å²) >= 11 is 2.69. The zero-order chi connectivity index (χ0) is 25.8. The van der Waals surface area contributed by atoms with Gasteiger partial charge < -0.3 is 15.5 Å². The van der Waals surface area contributed by atoms with E-state index < -0.39 is 14.8 Å². The first kappa shape index (κ1) is 25.8. The first-order valence-electron chi connectivity index (χ1n) is 11.0. The minimum Gasteiger partial charge on any atom is -0.411 e. The van der Waals surface area contributed by atoms with Gasteiger partial charge in [0.25, 0.3) is 15.9 Å². The van der Waals surface area contributed by atoms with Crippen molar-refractivity contribution in [1.82, 2.24) is 10.3 Å². The second kappa shape index (κ2) is 10.8. The number of aromatic amines is 1. The van der Waals surface area contributed by atoms with Crippen LogP contribution in [0.1, 0.15) is 28.5 Å². The predicted octanol–water partition coefficient (Wildman–Crippen LogP) is 5.22. The first-order valence-corrected chi connectivity index (χ1v) is 14.4. The summed E-state index contributed by atoms with van der Waals surface area (Å²) in [6, 6.07) is 18.5. The van der Waals surface area contributed by atoms with Gasteiger partial charge in [-0.15, -0.1) is 28.3 Å². The maximum Gasteiger partial charge on any atom is 0.271 e. The Morgan fingerprint density at radius 1 is 1.19 bits per heavy atom. The molecule has 2 aromatic carbocycles. The van der Waals surface area contributed by atoms with Gasteiger partial charge in [-0.1, -0.05) is 42.5 Å². The minimum atomic E-state index is -3.76. The fourth-order valence-corrected chi connectivity index (χ4v) is 7.10. The number of sulfonamides is 1. The Labute approximate surface area is 217 Å². The molecule has 0 bridgehead atoms. The highest BCUT2D eigenvalue weighted by Crippen LogP contribution is 2.30. The molecule has 0 fully saturated rings. The van der Waals surface area contributed by atoms with E-state index in [1.54, 1.807) is 54.4 Å². The summed E-state index contributed by atoms with van der Waals surface area (Å²) in [4.78, 5) is 16.0. The van der Waals surface area contributed by atoms with E-state index in [9.17, 15) is 13.2 Å². The number of amides is 1. The highest BCUT2D eigenvalue weighted by molar-refractivity contribution is 8.00. The molecule has 4 rings (SSSR count). The second-order valence-electron chi connectivity index (χ2n) is 8.46. The van der Waals surface area contributed by atoms with Gasteiger partial charge in [0.2, 0.25) is 0 Å². The number of carbonyl (C=O) groups excluding carboxylic acids is 1. The Bertz CT molecular complexity index is 1500. The lowest BCUT2D eigenvalue weighted by atomic mass is 10.2. The Hall–Kier alpha value is -3.28. The predicted molar refractivity (Wildman–Crippen MR) is 147 cm³/mol. The number of para-hydroxylation sites is 1. The van der Waals surface area contributed by atoms with Crippen LogP contribution in [0.2, 0.25) is 0 Å². The number of hydrogen-bond acceptors (Lipinski definition) is 7. The van der Waals surface area contributed by atoms with Gasteiger partial charge in [-0.05, 0) is 48.6 Å². The van der Waals surface area contributed by atoms with Crippen molar-refractivity contribution in [2.45, 2.75) is 28.6 Å². The average molecular weight is 543 g/mol. The van der Waals surface area contributed by atoms with Crippen molar-refractivity contribution in [2.24, 2.45) is 5.16 Å². The van der Waals surface area contributed by atoms with E-state index in [0.717, 1.165) is 16.9 Å². The molecule has 2 aromatic heterocycles. The number of oxime groups is 1. The van der Waals surface area contributed by atoms with Gasteiger partial charge in [0.15, 0.2) is 0 Å². The van der Waals surface area contributed by atoms with Crippen LogP contribution in [-0.2, 0) is 15.8 Å². The van der Waals surface area contributed by atoms with E-state index in [1.165, 1.54) is 6.21 Å². The van der Waals surface area contributed by atoms with Crippen LogP contribution in [0.25, 0.3) is 10.9 Å². The topological polar surface area (TPSA) is 124 Å². The zero-order valence-corrected chi connectivity index (χ0v) is 22.1. The van der Waals surface area contributed by atoms with Gasteiger partial charge in [0.1, 0.15) is 9.90 Å². The van der Waals surface area contributed by atoms with E-state index in [4.69, 9.17) is 5.21 Å². The summed E-state index contributed by atoms with van der Waals surface area (Å²) in [5.41, 5.74) is 2.95. The lowest BCUT2D eigenvalue weighted by molar-refractivity contribution is 0.0948. The molecule has 188 valence electrons. The fraction of sp³-hybridized carbons (Fsp3) is 0.200. The standard InChI is InChI=1S/C25H26N4O4S3/c1-17-11-12-34-24(17)36(32,33)29-20-10-6-9-19-13-21(28-22(19)20)23(30)26-15-25(2,16-27-31)35-14-18-7-4-3-5-8-18/h3-13,16,28-29,31H,14-15H2,1-2H3,(H,26,30). The van der Waals surface area contributed by atoms with Crippen molar-refractivity contribution in [2.75, 3.05) is 11.3 Å². The van der Waals surface area contributed by atoms with E-state index in [1.807, 2.05) is 37.3 Å². The third kappa shape index (κ3) is 5.92. The first-order chi connectivity index (χ1) is 17.2. The highest BCUT2D eigenvalue weighted by atomic mass is 32.2. The van der Waals surface area contributed by atoms with E-state index in [-0.39, 0.29) is 16.7 Å². The lowest BCUT2D eigenvalue weighted by Crippen LogP contribution is -2.39. The number of nitrogens with one attached hydrogen (secondary N) is 3. The Morgan fingerprint density at radius 2 is 1.97 bits per heavy atom. The normalized spacial score (nSPS) is 13.6. The van der Waals surface area contributed by atoms with Crippen LogP contribution < -0.4 is 10.0 Å². The summed E-state index contributed by atoms with van der Waals surface area (Å²) in [7, 11) is -3.76. The third-order valence-electron chi connectivity index (χ3n) is 5.55. The van der Waals surface area contributed by atoms with Crippen molar-refractivity contribution >= 4 is 61.8 Å². The van der Waals surface area contributed by atoms with Crippen molar-refractivity contribution in [3.63, 3.8) is 0 Å². The highest BCUT2D eigenvalue weighted by Gasteiger charge is 2.25. The van der Waals surface area contributed by atoms with Gasteiger partial charge in [0.05, 0.1) is 22.2 Å². The van der Waals surface area contributed by atoms with E-state index in [2.05, 4.69) is 20.2 Å². The molecule has 0 saturated carbocycles. The number of thiophene rings is 1. The molecule has 8 nitrogen and oxygen atoms in total. The molecule has 2 heterocycles. The number of aromatic nitrogens is 1. The van der Waals surface area contributed by atoms with Crippen LogP contribution in [0.5, 0.6) is 0 Å². The number of benzene rings is 2. The van der Waals surface area contributed by atoms with Gasteiger partial charge in [0, 0.05) is 17.7 Å². The second-order valence-corrected chi connectivity index (χ2v) is 12.8. The minimum absolute atomic E-state index is 0.222. The fourth-order valence-electron chi connectivity index (χ4n) is 3.62. The molecule has 0 spiro atoms. The number of anilines is 1. The van der Waals surface area contributed by atoms with Crippen LogP contribution in [-0.4, -0.2) is 42.0 Å². The smallest absolute Gasteiger partial charge is 0.271 e. The molecule has 36 heavy (non-hydrogen) atoms. The molecule has 0 saturated heterocycles. The van der Waals surface area contributed by atoms with Crippen molar-refractivity contribution in [1.29, 1.82) is 0 Å². The summed E-state index contributed by atoms with van der Waals surface area (Å²) in [5, 5.41) is 17.7. The van der Waals surface area contributed by atoms with Gasteiger partial charge in [-0.2, -0.15) is 0 Å². The molecule has 4 N–H and O–H groups in total. The Balaban J connectivity index is 1.49. The molecular formula is C25H26N4O4S3. The quantitative estimate of drug-likeness (QED) is 0.124. The number of carbonyl (C=O) groups is 1. The largest absolute Gasteiger partial charge is 0.411 e. The molecule has 1 atom stereocenters. The van der Waals surface area contributed by atoms with Gasteiger partial charge >= 0.3 is 0 Å². The average Bonchev–Trinajstić information content (AvgIpc) is 3.49. The lowest BCUT2D eigenvalue weighted by Gasteiger charge is -2.24. The maximum absolute atomic E-state index is 13.0. The molecule has 0 aliphatic rings. The van der Waals surface area contributed by atoms with Crippen molar-refractivity contribution in [3.05, 3.63) is 82.9 Å². The number of rotatable bonds is 10. The van der Waals surface area contributed by atoms with E-state index in [0.29, 0.717) is 33.6 Å². The third-order valence-corrected chi connectivity index (χ3v) is 9.99. The van der Waals surface area contributed by atoms with Crippen LogP contribution in [0.15, 0.2) is 75.4 Å². The summed E-state index contributed by atoms with van der Waals surface area (Å²) in [6.45, 7) is 3.85. The molecule has 4 aromatic rings. The van der Waals surface area contributed by atoms with Crippen LogP contribution >= 0.6 is 23.1 Å². The van der Waals surface area contributed by atoms with Crippen molar-refractivity contribution in [3.8, 4) is 0 Å². The molecule has 0 aliphatic carbocycles. The molecule has 11 heteroatoms. The monoisotopic (exact) mass is 542 g/mol. The molecule has 0 aliphatic heterocycles. The number of hydrogen-bond donors (Lipinski definition) is 4. The van der Waals surface area contributed by atoms with Crippen LogP contribution in [0.3, 0.4) is 0 Å². The number of H-pyrrole nitrogens is 1. The maximum atomic E-state index is 13.0. The molecular weight excluding hydrogens is 517 g/mol. The number of nitrogens with zero attached hydrogens (tertiary/aromatic N) is 1. The van der Waals surface area contributed by atoms with Gasteiger partial charge in [-0.3, -0.25) is 9.52 Å². The summed E-state index contributed by atoms with van der Waals surface area (Å²) < 4.78 is 28.0. The molecule has 1 unspecified atom stereocenters. The summed E-state index contributed by atoms with van der Waals surface area (Å²) in [6.07, 6.45) is 1.41. The van der Waals surface area contributed by atoms with Crippen molar-refractivity contribution < 1.29 is 18.4 Å². The SMILES string of the molecule is Cc1ccsc1S(=O)(=O)Nc1cccc2cc(C(=O)NCC(C)(C=NO)SCc3ccccc3)[nH]c12. The van der Waals surface area contributed by atoms with Crippen LogP contribution in [0, 0.1) is 6.92 Å². The number of thioether (sulfide) groups is 1. The Kier molecular flexibility index (Phi) is 7.72. The van der Waals surface area contributed by atoms with Gasteiger partial charge in [-0.25, -0.2) is 8.42 Å². The zero-order valence-electron chi connectivity index (χ0n) is 19.7. The van der Waals surface area contributed by atoms with E-state index >= 15 is 0 Å².